The molecule has 0 unspecified atom stereocenters. The van der Waals surface area contributed by atoms with Crippen LogP contribution in [0.25, 0.3) is 0 Å². The van der Waals surface area contributed by atoms with E-state index in [0.717, 1.165) is 25.8 Å². The number of aliphatic hydroxyl groups is 1. The zero-order valence-electron chi connectivity index (χ0n) is 23.2. The molecule has 9 heteroatoms. The van der Waals surface area contributed by atoms with Gasteiger partial charge in [-0.05, 0) is 77.5 Å². The summed E-state index contributed by atoms with van der Waals surface area (Å²) in [5.41, 5.74) is 1.29. The fraction of sp³-hybridized carbons (Fsp3) is 0.552. The molecule has 2 amide bonds. The first-order valence-corrected chi connectivity index (χ1v) is 13.4. The number of aromatic nitrogens is 1. The Balaban J connectivity index is 1.98. The second-order valence-corrected chi connectivity index (χ2v) is 10.5. The van der Waals surface area contributed by atoms with Gasteiger partial charge in [0.05, 0.1) is 30.4 Å². The van der Waals surface area contributed by atoms with Gasteiger partial charge in [-0.25, -0.2) is 0 Å². The molecule has 0 saturated heterocycles. The first kappa shape index (κ1) is 29.5. The standard InChI is InChI=1S/C29H42N4O5/c1-20-17-33(21(2)19-34)29(36)25-16-24(31-28(35)23-11-13-30-14-12-23)9-10-26(25)38-22(3)8-6-7-15-37-27(20)18-32(4)5/h9-14,16,20-22,27,34H,6-8,15,17-19H2,1-5H3,(H,31,35)/t20-,21+,22+,27-/m0/s1. The fourth-order valence-corrected chi connectivity index (χ4v) is 4.53. The van der Waals surface area contributed by atoms with Gasteiger partial charge in [-0.2, -0.15) is 0 Å². The highest BCUT2D eigenvalue weighted by Crippen LogP contribution is 2.28. The number of carbonyl (C=O) groups excluding carboxylic acids is 2. The summed E-state index contributed by atoms with van der Waals surface area (Å²) in [4.78, 5) is 34.6. The molecule has 0 fully saturated rings. The maximum atomic E-state index is 14.1. The van der Waals surface area contributed by atoms with Gasteiger partial charge in [0.2, 0.25) is 0 Å². The molecule has 0 bridgehead atoms. The van der Waals surface area contributed by atoms with E-state index in [1.165, 1.54) is 0 Å². The number of likely N-dealkylation sites (N-methyl/N-ethyl adjacent to an activating group) is 1. The number of rotatable bonds is 6. The van der Waals surface area contributed by atoms with E-state index in [1.54, 1.807) is 47.6 Å². The van der Waals surface area contributed by atoms with E-state index >= 15 is 0 Å². The molecule has 2 N–H and O–H groups in total. The van der Waals surface area contributed by atoms with Crippen LogP contribution in [0.3, 0.4) is 0 Å². The minimum Gasteiger partial charge on any atom is -0.490 e. The third-order valence-electron chi connectivity index (χ3n) is 6.80. The van der Waals surface area contributed by atoms with Crippen LogP contribution in [0.4, 0.5) is 5.69 Å². The van der Waals surface area contributed by atoms with Crippen molar-refractivity contribution in [2.24, 2.45) is 5.92 Å². The highest BCUT2D eigenvalue weighted by molar-refractivity contribution is 6.05. The third kappa shape index (κ3) is 8.24. The molecule has 3 rings (SSSR count). The topological polar surface area (TPSA) is 104 Å². The summed E-state index contributed by atoms with van der Waals surface area (Å²) in [6, 6.07) is 7.97. The smallest absolute Gasteiger partial charge is 0.258 e. The Morgan fingerprint density at radius 2 is 1.95 bits per heavy atom. The van der Waals surface area contributed by atoms with E-state index in [0.29, 0.717) is 35.7 Å². The summed E-state index contributed by atoms with van der Waals surface area (Å²) in [6.07, 6.45) is 5.63. The van der Waals surface area contributed by atoms with Crippen molar-refractivity contribution in [3.8, 4) is 5.75 Å². The SMILES string of the molecule is C[C@@H]1CCCCO[C@@H](CN(C)C)[C@@H](C)CN([C@H](C)CO)C(=O)c2cc(NC(=O)c3ccncc3)ccc2O1. The van der Waals surface area contributed by atoms with Crippen molar-refractivity contribution in [1.82, 2.24) is 14.8 Å². The number of hydrogen-bond acceptors (Lipinski definition) is 7. The first-order chi connectivity index (χ1) is 18.2. The summed E-state index contributed by atoms with van der Waals surface area (Å²) in [5, 5.41) is 12.9. The molecule has 1 aromatic carbocycles. The lowest BCUT2D eigenvalue weighted by atomic mass is 10.0. The number of benzene rings is 1. The van der Waals surface area contributed by atoms with Gasteiger partial charge < -0.3 is 29.7 Å². The maximum Gasteiger partial charge on any atom is 0.258 e. The van der Waals surface area contributed by atoms with E-state index in [1.807, 2.05) is 27.9 Å². The Labute approximate surface area is 226 Å². The summed E-state index contributed by atoms with van der Waals surface area (Å²) < 4.78 is 12.5. The Bertz CT molecular complexity index is 1050. The number of carbonyl (C=O) groups is 2. The lowest BCUT2D eigenvalue weighted by Crippen LogP contribution is -2.47. The normalized spacial score (nSPS) is 22.2. The average Bonchev–Trinajstić information content (AvgIpc) is 2.90. The van der Waals surface area contributed by atoms with Crippen LogP contribution in [0.5, 0.6) is 5.75 Å². The molecule has 2 aromatic rings. The van der Waals surface area contributed by atoms with Crippen LogP contribution in [0.1, 0.15) is 60.7 Å². The van der Waals surface area contributed by atoms with Crippen LogP contribution in [0.15, 0.2) is 42.7 Å². The number of nitrogens with zero attached hydrogens (tertiary/aromatic N) is 3. The van der Waals surface area contributed by atoms with Crippen LogP contribution < -0.4 is 10.1 Å². The number of nitrogens with one attached hydrogen (secondary N) is 1. The number of fused-ring (bicyclic) bond motifs is 1. The molecule has 1 aromatic heterocycles. The fourth-order valence-electron chi connectivity index (χ4n) is 4.53. The van der Waals surface area contributed by atoms with Gasteiger partial charge in [0.1, 0.15) is 5.75 Å². The molecule has 2 heterocycles. The zero-order valence-corrected chi connectivity index (χ0v) is 23.2. The van der Waals surface area contributed by atoms with Crippen LogP contribution in [0.2, 0.25) is 0 Å². The number of amides is 2. The van der Waals surface area contributed by atoms with Gasteiger partial charge in [-0.3, -0.25) is 14.6 Å². The van der Waals surface area contributed by atoms with Gasteiger partial charge in [-0.15, -0.1) is 0 Å². The summed E-state index contributed by atoms with van der Waals surface area (Å²) >= 11 is 0. The molecular weight excluding hydrogens is 484 g/mol. The van der Waals surface area contributed by atoms with Crippen LogP contribution in [-0.4, -0.2) is 90.4 Å². The van der Waals surface area contributed by atoms with E-state index in [4.69, 9.17) is 9.47 Å². The highest BCUT2D eigenvalue weighted by Gasteiger charge is 2.30. The van der Waals surface area contributed by atoms with Gasteiger partial charge in [0, 0.05) is 49.3 Å². The number of anilines is 1. The number of hydrogen-bond donors (Lipinski definition) is 2. The van der Waals surface area contributed by atoms with Crippen molar-refractivity contribution >= 4 is 17.5 Å². The number of pyridine rings is 1. The maximum absolute atomic E-state index is 14.1. The lowest BCUT2D eigenvalue weighted by Gasteiger charge is -2.35. The van der Waals surface area contributed by atoms with Crippen LogP contribution >= 0.6 is 0 Å². The molecule has 0 saturated carbocycles. The van der Waals surface area contributed by atoms with Crippen molar-refractivity contribution < 1.29 is 24.2 Å². The average molecular weight is 527 g/mol. The lowest BCUT2D eigenvalue weighted by molar-refractivity contribution is -0.0137. The number of ether oxygens (including phenoxy) is 2. The van der Waals surface area contributed by atoms with Crippen molar-refractivity contribution in [2.75, 3.05) is 45.7 Å². The molecule has 38 heavy (non-hydrogen) atoms. The van der Waals surface area contributed by atoms with Gasteiger partial charge in [-0.1, -0.05) is 6.92 Å². The van der Waals surface area contributed by atoms with Crippen molar-refractivity contribution in [1.29, 1.82) is 0 Å². The molecular formula is C29H42N4O5. The van der Waals surface area contributed by atoms with E-state index in [9.17, 15) is 14.7 Å². The predicted molar refractivity (Wildman–Crippen MR) is 148 cm³/mol. The highest BCUT2D eigenvalue weighted by atomic mass is 16.5. The summed E-state index contributed by atoms with van der Waals surface area (Å²) in [7, 11) is 4.02. The van der Waals surface area contributed by atoms with Crippen LogP contribution in [0, 0.1) is 5.92 Å². The Hall–Kier alpha value is -3.01. The van der Waals surface area contributed by atoms with E-state index < -0.39 is 6.04 Å². The minimum absolute atomic E-state index is 0.0242. The second kappa shape index (κ2) is 14.2. The number of aliphatic hydroxyl groups excluding tert-OH is 1. The Kier molecular flexibility index (Phi) is 11.1. The minimum atomic E-state index is -0.418. The van der Waals surface area contributed by atoms with Gasteiger partial charge in [0.25, 0.3) is 11.8 Å². The first-order valence-electron chi connectivity index (χ1n) is 13.4. The molecule has 1 aliphatic heterocycles. The van der Waals surface area contributed by atoms with Crippen molar-refractivity contribution in [2.45, 2.75) is 58.3 Å². The Morgan fingerprint density at radius 1 is 1.21 bits per heavy atom. The molecule has 208 valence electrons. The molecule has 9 nitrogen and oxygen atoms in total. The molecule has 0 radical (unpaired) electrons. The quantitative estimate of drug-likeness (QED) is 0.592. The van der Waals surface area contributed by atoms with E-state index in [-0.39, 0.29) is 36.5 Å². The third-order valence-corrected chi connectivity index (χ3v) is 6.80. The van der Waals surface area contributed by atoms with Crippen molar-refractivity contribution in [3.05, 3.63) is 53.9 Å². The molecule has 0 aliphatic carbocycles. The second-order valence-electron chi connectivity index (χ2n) is 10.5. The van der Waals surface area contributed by atoms with E-state index in [2.05, 4.69) is 22.1 Å². The molecule has 0 spiro atoms. The van der Waals surface area contributed by atoms with Crippen molar-refractivity contribution in [3.63, 3.8) is 0 Å². The summed E-state index contributed by atoms with van der Waals surface area (Å²) in [6.45, 7) is 7.51. The zero-order chi connectivity index (χ0) is 27.7. The monoisotopic (exact) mass is 526 g/mol. The molecule has 4 atom stereocenters. The van der Waals surface area contributed by atoms with Gasteiger partial charge in [0.15, 0.2) is 0 Å². The van der Waals surface area contributed by atoms with Gasteiger partial charge >= 0.3 is 0 Å². The largest absolute Gasteiger partial charge is 0.490 e. The molecule has 1 aliphatic rings. The Morgan fingerprint density at radius 3 is 2.63 bits per heavy atom. The predicted octanol–water partition coefficient (Wildman–Crippen LogP) is 3.69. The van der Waals surface area contributed by atoms with Crippen LogP contribution in [-0.2, 0) is 4.74 Å². The summed E-state index contributed by atoms with van der Waals surface area (Å²) in [5.74, 6) is -0.0735.